The van der Waals surface area contributed by atoms with Crippen LogP contribution in [0.1, 0.15) is 41.5 Å². The Kier molecular flexibility index (Phi) is 5.57. The van der Waals surface area contributed by atoms with E-state index in [0.717, 1.165) is 41.8 Å². The summed E-state index contributed by atoms with van der Waals surface area (Å²) >= 11 is 6.32. The second kappa shape index (κ2) is 8.62. The highest BCUT2D eigenvalue weighted by Gasteiger charge is 2.55. The molecule has 1 spiro atoms. The zero-order chi connectivity index (χ0) is 27.2. The van der Waals surface area contributed by atoms with Gasteiger partial charge < -0.3 is 9.64 Å². The lowest BCUT2D eigenvalue weighted by atomic mass is 9.57. The Balaban J connectivity index is 1.11. The van der Waals surface area contributed by atoms with E-state index in [9.17, 15) is 22.0 Å². The maximum absolute atomic E-state index is 14.9. The zero-order valence-corrected chi connectivity index (χ0v) is 21.6. The summed E-state index contributed by atoms with van der Waals surface area (Å²) in [5, 5.41) is 9.61. The average Bonchev–Trinajstić information content (AvgIpc) is 3.12. The van der Waals surface area contributed by atoms with Crippen molar-refractivity contribution >= 4 is 17.3 Å². The Labute approximate surface area is 226 Å². The van der Waals surface area contributed by atoms with E-state index in [0.29, 0.717) is 31.2 Å². The molecule has 0 N–H and O–H groups in total. The molecule has 7 rings (SSSR count). The molecule has 2 saturated heterocycles. The molecule has 1 saturated carbocycles. The number of hydrogen-bond donors (Lipinski definition) is 0. The summed E-state index contributed by atoms with van der Waals surface area (Å²) in [5.74, 6) is 0.410. The first kappa shape index (κ1) is 25.2. The van der Waals surface area contributed by atoms with E-state index in [1.165, 1.54) is 12.1 Å². The van der Waals surface area contributed by atoms with E-state index in [2.05, 4.69) is 10.2 Å². The molecule has 12 heteroatoms. The number of aromatic nitrogens is 3. The second-order valence-electron chi connectivity index (χ2n) is 11.5. The number of ether oxygens (including phenoxy) is 1. The van der Waals surface area contributed by atoms with Crippen LogP contribution in [0.3, 0.4) is 0 Å². The van der Waals surface area contributed by atoms with E-state index < -0.39 is 23.2 Å². The summed E-state index contributed by atoms with van der Waals surface area (Å²) in [5.41, 5.74) is -0.862. The third-order valence-electron chi connectivity index (χ3n) is 8.43. The Morgan fingerprint density at radius 2 is 1.79 bits per heavy atom. The normalized spacial score (nSPS) is 21.9. The predicted molar refractivity (Wildman–Crippen MR) is 133 cm³/mol. The highest BCUT2D eigenvalue weighted by Crippen LogP contribution is 2.57. The molecular weight excluding hydrogens is 541 g/mol. The first-order chi connectivity index (χ1) is 18.5. The van der Waals surface area contributed by atoms with Gasteiger partial charge in [-0.2, -0.15) is 13.2 Å². The molecule has 3 aromatic rings. The average molecular weight is 566 g/mol. The molecule has 0 unspecified atom stereocenters. The molecule has 3 aliphatic heterocycles. The maximum atomic E-state index is 14.9. The molecule has 39 heavy (non-hydrogen) atoms. The molecule has 0 atom stereocenters. The predicted octanol–water partition coefficient (Wildman–Crippen LogP) is 5.52. The minimum atomic E-state index is -4.73. The lowest BCUT2D eigenvalue weighted by Crippen LogP contribution is -2.62. The van der Waals surface area contributed by atoms with Crippen LogP contribution in [0.25, 0.3) is 5.69 Å². The van der Waals surface area contributed by atoms with Gasteiger partial charge in [-0.3, -0.25) is 9.47 Å². The lowest BCUT2D eigenvalue weighted by Gasteiger charge is -2.59. The fourth-order valence-electron chi connectivity index (χ4n) is 6.63. The summed E-state index contributed by atoms with van der Waals surface area (Å²) in [7, 11) is 0. The SMILES string of the molecule is Fc1c(N2CC3(CC(c4nnc5n4-c4ccc(Cl)cc4CN(CC4(F)COC4)C5)C3)C2)cccc1C(F)(F)F. The minimum absolute atomic E-state index is 0.0105. The number of benzene rings is 2. The van der Waals surface area contributed by atoms with Crippen molar-refractivity contribution in [3.8, 4) is 5.69 Å². The molecular formula is C27H25ClF5N5O. The summed E-state index contributed by atoms with van der Waals surface area (Å²) < 4.78 is 76.2. The van der Waals surface area contributed by atoms with E-state index in [4.69, 9.17) is 16.3 Å². The van der Waals surface area contributed by atoms with Crippen LogP contribution in [0.4, 0.5) is 27.6 Å². The quantitative estimate of drug-likeness (QED) is 0.390. The van der Waals surface area contributed by atoms with Crippen molar-refractivity contribution < 1.29 is 26.7 Å². The van der Waals surface area contributed by atoms with Gasteiger partial charge in [0, 0.05) is 42.5 Å². The van der Waals surface area contributed by atoms with Crippen molar-refractivity contribution in [1.82, 2.24) is 19.7 Å². The van der Waals surface area contributed by atoms with Gasteiger partial charge in [-0.25, -0.2) is 8.78 Å². The van der Waals surface area contributed by atoms with Gasteiger partial charge in [0.05, 0.1) is 36.7 Å². The largest absolute Gasteiger partial charge is 0.419 e. The smallest absolute Gasteiger partial charge is 0.375 e. The Morgan fingerprint density at radius 1 is 1.03 bits per heavy atom. The van der Waals surface area contributed by atoms with Crippen molar-refractivity contribution in [2.75, 3.05) is 37.7 Å². The number of halogens is 6. The third-order valence-corrected chi connectivity index (χ3v) is 8.66. The molecule has 1 aromatic heterocycles. The number of fused-ring (bicyclic) bond motifs is 3. The van der Waals surface area contributed by atoms with E-state index in [1.807, 2.05) is 27.7 Å². The third kappa shape index (κ3) is 4.20. The number of nitrogens with zero attached hydrogens (tertiary/aromatic N) is 5. The van der Waals surface area contributed by atoms with Crippen LogP contribution in [0.5, 0.6) is 0 Å². The number of alkyl halides is 4. The monoisotopic (exact) mass is 565 g/mol. The van der Waals surface area contributed by atoms with Gasteiger partial charge in [-0.1, -0.05) is 17.7 Å². The van der Waals surface area contributed by atoms with Crippen LogP contribution in [0.15, 0.2) is 36.4 Å². The van der Waals surface area contributed by atoms with Crippen LogP contribution in [0.2, 0.25) is 5.02 Å². The Hall–Kier alpha value is -2.76. The summed E-state index contributed by atoms with van der Waals surface area (Å²) in [4.78, 5) is 3.68. The van der Waals surface area contributed by atoms with Gasteiger partial charge in [0.25, 0.3) is 0 Å². The second-order valence-corrected chi connectivity index (χ2v) is 11.9. The van der Waals surface area contributed by atoms with Crippen LogP contribution in [-0.2, 0) is 24.0 Å². The molecule has 6 nitrogen and oxygen atoms in total. The highest BCUT2D eigenvalue weighted by atomic mass is 35.5. The fraction of sp³-hybridized carbons (Fsp3) is 0.481. The summed E-state index contributed by atoms with van der Waals surface area (Å²) in [6.07, 6.45) is -3.18. The van der Waals surface area contributed by atoms with Crippen LogP contribution < -0.4 is 4.90 Å². The lowest BCUT2D eigenvalue weighted by molar-refractivity contribution is -0.142. The van der Waals surface area contributed by atoms with Crippen molar-refractivity contribution in [3.05, 3.63) is 70.0 Å². The Bertz CT molecular complexity index is 1440. The maximum Gasteiger partial charge on any atom is 0.419 e. The van der Waals surface area contributed by atoms with Crippen molar-refractivity contribution in [2.24, 2.45) is 5.41 Å². The number of anilines is 1. The van der Waals surface area contributed by atoms with Crippen molar-refractivity contribution in [3.63, 3.8) is 0 Å². The minimum Gasteiger partial charge on any atom is -0.375 e. The molecule has 0 radical (unpaired) electrons. The van der Waals surface area contributed by atoms with Gasteiger partial charge in [0.15, 0.2) is 17.3 Å². The first-order valence-corrected chi connectivity index (χ1v) is 13.2. The van der Waals surface area contributed by atoms with Gasteiger partial charge >= 0.3 is 6.18 Å². The molecule has 1 aliphatic carbocycles. The van der Waals surface area contributed by atoms with Crippen LogP contribution in [-0.4, -0.2) is 58.2 Å². The molecule has 206 valence electrons. The number of hydrogen-bond acceptors (Lipinski definition) is 5. The molecule has 3 fully saturated rings. The molecule has 4 aliphatic rings. The topological polar surface area (TPSA) is 46.4 Å². The summed E-state index contributed by atoms with van der Waals surface area (Å²) in [6.45, 7) is 2.29. The van der Waals surface area contributed by atoms with Gasteiger partial charge in [-0.15, -0.1) is 10.2 Å². The van der Waals surface area contributed by atoms with Crippen LogP contribution in [0, 0.1) is 11.2 Å². The van der Waals surface area contributed by atoms with Gasteiger partial charge in [0.1, 0.15) is 5.82 Å². The molecule has 0 amide bonds. The number of rotatable bonds is 4. The summed E-state index contributed by atoms with van der Waals surface area (Å²) in [6, 6.07) is 9.06. The van der Waals surface area contributed by atoms with E-state index in [-0.39, 0.29) is 36.8 Å². The first-order valence-electron chi connectivity index (χ1n) is 12.9. The molecule has 2 aromatic carbocycles. The highest BCUT2D eigenvalue weighted by molar-refractivity contribution is 6.30. The standard InChI is InChI=1S/C27H25ClF5N5O/c28-18-4-5-20-16(6-18)9-36(13-26(30)14-39-15-26)10-22-34-35-24(38(20)22)17-7-25(8-17)11-37(12-25)21-3-1-2-19(23(21)29)27(31,32)33/h1-6,17H,7-15H2. The van der Waals surface area contributed by atoms with E-state index in [1.54, 1.807) is 4.90 Å². The van der Waals surface area contributed by atoms with Gasteiger partial charge in [0.2, 0.25) is 0 Å². The van der Waals surface area contributed by atoms with Gasteiger partial charge in [-0.05, 0) is 48.7 Å². The van der Waals surface area contributed by atoms with Crippen LogP contribution >= 0.6 is 11.6 Å². The Morgan fingerprint density at radius 3 is 2.49 bits per heavy atom. The van der Waals surface area contributed by atoms with Crippen molar-refractivity contribution in [1.29, 1.82) is 0 Å². The zero-order valence-electron chi connectivity index (χ0n) is 20.8. The fourth-order valence-corrected chi connectivity index (χ4v) is 6.82. The molecule has 0 bridgehead atoms. The van der Waals surface area contributed by atoms with Crippen molar-refractivity contribution in [2.45, 2.75) is 43.7 Å². The van der Waals surface area contributed by atoms with E-state index >= 15 is 0 Å². The molecule has 4 heterocycles.